The number of nitrogens with zero attached hydrogens (tertiary/aromatic N) is 1. The van der Waals surface area contributed by atoms with Gasteiger partial charge < -0.3 is 19.5 Å². The van der Waals surface area contributed by atoms with Gasteiger partial charge in [-0.25, -0.2) is 4.79 Å². The molecular formula is C28H27NO4S2. The van der Waals surface area contributed by atoms with Gasteiger partial charge in [-0.1, -0.05) is 42.5 Å². The summed E-state index contributed by atoms with van der Waals surface area (Å²) in [6, 6.07) is 21.7. The van der Waals surface area contributed by atoms with Crippen LogP contribution in [0, 0.1) is 0 Å². The smallest absolute Gasteiger partial charge is 0.333 e. The SMILES string of the molecule is O=C(O)C(Cc1ccc(OCCN2c3sccc3CCc3ccsc32)cc1)OCc1ccccc1. The summed E-state index contributed by atoms with van der Waals surface area (Å²) in [6.07, 6.45) is 1.56. The molecule has 1 aliphatic rings. The average molecular weight is 506 g/mol. The van der Waals surface area contributed by atoms with Crippen LogP contribution in [-0.4, -0.2) is 30.3 Å². The van der Waals surface area contributed by atoms with Gasteiger partial charge in [0.15, 0.2) is 6.10 Å². The molecule has 0 saturated heterocycles. The van der Waals surface area contributed by atoms with E-state index in [1.54, 1.807) is 22.7 Å². The Kier molecular flexibility index (Phi) is 7.47. The summed E-state index contributed by atoms with van der Waals surface area (Å²) >= 11 is 3.58. The van der Waals surface area contributed by atoms with Crippen molar-refractivity contribution in [3.05, 3.63) is 99.7 Å². The van der Waals surface area contributed by atoms with Crippen LogP contribution in [0.15, 0.2) is 77.5 Å². The number of anilines is 2. The Morgan fingerprint density at radius 2 is 1.54 bits per heavy atom. The summed E-state index contributed by atoms with van der Waals surface area (Å²) in [5, 5.41) is 16.6. The first-order valence-corrected chi connectivity index (χ1v) is 13.4. The average Bonchev–Trinajstić information content (AvgIpc) is 3.52. The molecule has 1 N–H and O–H groups in total. The van der Waals surface area contributed by atoms with Crippen LogP contribution in [0.4, 0.5) is 10.0 Å². The fourth-order valence-electron chi connectivity index (χ4n) is 4.25. The number of aryl methyl sites for hydroxylation is 2. The molecule has 3 heterocycles. The molecule has 5 rings (SSSR count). The molecule has 180 valence electrons. The van der Waals surface area contributed by atoms with Gasteiger partial charge >= 0.3 is 5.97 Å². The molecule has 0 fully saturated rings. The van der Waals surface area contributed by atoms with Crippen LogP contribution in [0.1, 0.15) is 22.3 Å². The standard InChI is InChI=1S/C28H27NO4S2/c30-28(31)25(33-19-21-4-2-1-3-5-21)18-20-6-10-24(11-7-20)32-15-14-29-26-22(12-16-34-26)8-9-23-13-17-35-27(23)29/h1-7,10-13,16-17,25H,8-9,14-15,18-19H2,(H,30,31). The van der Waals surface area contributed by atoms with Gasteiger partial charge in [0, 0.05) is 6.42 Å². The highest BCUT2D eigenvalue weighted by Gasteiger charge is 2.23. The van der Waals surface area contributed by atoms with Gasteiger partial charge in [0.1, 0.15) is 12.4 Å². The maximum Gasteiger partial charge on any atom is 0.333 e. The number of hydrogen-bond donors (Lipinski definition) is 1. The van der Waals surface area contributed by atoms with Crippen LogP contribution in [0.3, 0.4) is 0 Å². The molecule has 5 nitrogen and oxygen atoms in total. The molecule has 0 aliphatic carbocycles. The summed E-state index contributed by atoms with van der Waals surface area (Å²) < 4.78 is 11.7. The van der Waals surface area contributed by atoms with E-state index in [0.29, 0.717) is 13.0 Å². The molecule has 0 spiro atoms. The van der Waals surface area contributed by atoms with Gasteiger partial charge in [-0.2, -0.15) is 0 Å². The van der Waals surface area contributed by atoms with Crippen molar-refractivity contribution in [2.45, 2.75) is 32.0 Å². The molecule has 1 unspecified atom stereocenters. The molecule has 1 aliphatic heterocycles. The van der Waals surface area contributed by atoms with Crippen molar-refractivity contribution in [1.29, 1.82) is 0 Å². The Bertz CT molecular complexity index is 1210. The van der Waals surface area contributed by atoms with Gasteiger partial charge in [-0.05, 0) is 70.1 Å². The van der Waals surface area contributed by atoms with Crippen molar-refractivity contribution in [2.24, 2.45) is 0 Å². The lowest BCUT2D eigenvalue weighted by Gasteiger charge is -2.23. The Hall–Kier alpha value is -3.13. The number of fused-ring (bicyclic) bond motifs is 2. The molecule has 0 bridgehead atoms. The van der Waals surface area contributed by atoms with E-state index < -0.39 is 12.1 Å². The maximum absolute atomic E-state index is 11.7. The first-order valence-electron chi connectivity index (χ1n) is 11.7. The number of carboxylic acids is 1. The minimum absolute atomic E-state index is 0.271. The fourth-order valence-corrected chi connectivity index (χ4v) is 6.30. The molecule has 0 amide bonds. The zero-order valence-electron chi connectivity index (χ0n) is 19.3. The van der Waals surface area contributed by atoms with Crippen LogP contribution < -0.4 is 9.64 Å². The van der Waals surface area contributed by atoms with E-state index in [9.17, 15) is 9.90 Å². The largest absolute Gasteiger partial charge is 0.492 e. The third kappa shape index (κ3) is 5.75. The van der Waals surface area contributed by atoms with Crippen molar-refractivity contribution >= 4 is 38.6 Å². The maximum atomic E-state index is 11.7. The Morgan fingerprint density at radius 3 is 2.17 bits per heavy atom. The highest BCUT2D eigenvalue weighted by atomic mass is 32.1. The van der Waals surface area contributed by atoms with E-state index in [2.05, 4.69) is 27.8 Å². The number of thiophene rings is 2. The topological polar surface area (TPSA) is 59.0 Å². The predicted octanol–water partition coefficient (Wildman–Crippen LogP) is 6.34. The van der Waals surface area contributed by atoms with Gasteiger partial charge in [-0.15, -0.1) is 22.7 Å². The van der Waals surface area contributed by atoms with E-state index in [4.69, 9.17) is 9.47 Å². The van der Waals surface area contributed by atoms with E-state index in [1.807, 2.05) is 54.6 Å². The minimum Gasteiger partial charge on any atom is -0.492 e. The zero-order valence-corrected chi connectivity index (χ0v) is 20.9. The number of aliphatic carboxylic acids is 1. The summed E-state index contributed by atoms with van der Waals surface area (Å²) in [7, 11) is 0. The van der Waals surface area contributed by atoms with Crippen LogP contribution >= 0.6 is 22.7 Å². The second-order valence-corrected chi connectivity index (χ2v) is 10.3. The number of carbonyl (C=O) groups is 1. The molecule has 2 aromatic heterocycles. The number of benzene rings is 2. The minimum atomic E-state index is -0.959. The van der Waals surface area contributed by atoms with Gasteiger partial charge in [0.25, 0.3) is 0 Å². The van der Waals surface area contributed by atoms with Crippen LogP contribution in [0.2, 0.25) is 0 Å². The summed E-state index contributed by atoms with van der Waals surface area (Å²) in [6.45, 7) is 1.61. The first kappa shape index (κ1) is 23.6. The van der Waals surface area contributed by atoms with Crippen molar-refractivity contribution in [3.8, 4) is 5.75 Å². The van der Waals surface area contributed by atoms with Gasteiger partial charge in [0.2, 0.25) is 0 Å². The quantitative estimate of drug-likeness (QED) is 0.273. The van der Waals surface area contributed by atoms with Crippen molar-refractivity contribution in [3.63, 3.8) is 0 Å². The molecule has 4 aromatic rings. The number of hydrogen-bond acceptors (Lipinski definition) is 6. The van der Waals surface area contributed by atoms with Crippen LogP contribution in [-0.2, 0) is 35.4 Å². The normalized spacial score (nSPS) is 13.5. The fraction of sp³-hybridized carbons (Fsp3) is 0.250. The lowest BCUT2D eigenvalue weighted by molar-refractivity contribution is -0.151. The monoisotopic (exact) mass is 505 g/mol. The van der Waals surface area contributed by atoms with Crippen LogP contribution in [0.25, 0.3) is 0 Å². The lowest BCUT2D eigenvalue weighted by atomic mass is 10.1. The second kappa shape index (κ2) is 11.1. The van der Waals surface area contributed by atoms with Crippen molar-refractivity contribution in [1.82, 2.24) is 0 Å². The molecule has 35 heavy (non-hydrogen) atoms. The number of carboxylic acid groups (broad SMARTS) is 1. The van der Waals surface area contributed by atoms with Crippen molar-refractivity contribution in [2.75, 3.05) is 18.1 Å². The first-order chi connectivity index (χ1) is 17.2. The molecule has 7 heteroatoms. The Morgan fingerprint density at radius 1 is 0.886 bits per heavy atom. The Labute approximate surface area is 213 Å². The number of ether oxygens (including phenoxy) is 2. The van der Waals surface area contributed by atoms with Crippen LogP contribution in [0.5, 0.6) is 5.75 Å². The number of rotatable bonds is 10. The molecule has 0 radical (unpaired) electrons. The Balaban J connectivity index is 1.17. The summed E-state index contributed by atoms with van der Waals surface area (Å²) in [5.74, 6) is -0.182. The summed E-state index contributed by atoms with van der Waals surface area (Å²) in [5.41, 5.74) is 4.67. The molecular weight excluding hydrogens is 478 g/mol. The molecule has 2 aromatic carbocycles. The summed E-state index contributed by atoms with van der Waals surface area (Å²) in [4.78, 5) is 14.1. The zero-order chi connectivity index (χ0) is 24.0. The third-order valence-corrected chi connectivity index (χ3v) is 8.05. The highest BCUT2D eigenvalue weighted by Crippen LogP contribution is 2.42. The second-order valence-electron chi connectivity index (χ2n) is 8.47. The third-order valence-electron chi connectivity index (χ3n) is 6.10. The molecule has 1 atom stereocenters. The van der Waals surface area contributed by atoms with E-state index >= 15 is 0 Å². The van der Waals surface area contributed by atoms with E-state index in [0.717, 1.165) is 36.3 Å². The van der Waals surface area contributed by atoms with Gasteiger partial charge in [-0.3, -0.25) is 0 Å². The van der Waals surface area contributed by atoms with Crippen molar-refractivity contribution < 1.29 is 19.4 Å². The van der Waals surface area contributed by atoms with E-state index in [-0.39, 0.29) is 6.61 Å². The van der Waals surface area contributed by atoms with E-state index in [1.165, 1.54) is 21.1 Å². The highest BCUT2D eigenvalue weighted by molar-refractivity contribution is 7.16. The molecule has 0 saturated carbocycles. The van der Waals surface area contributed by atoms with Gasteiger partial charge in [0.05, 0.1) is 23.2 Å². The predicted molar refractivity (Wildman–Crippen MR) is 141 cm³/mol. The lowest BCUT2D eigenvalue weighted by Crippen LogP contribution is -2.26.